The number of aryl methyl sites for hydroxylation is 1. The van der Waals surface area contributed by atoms with Crippen LogP contribution < -0.4 is 0 Å². The number of carboxylic acid groups (broad SMARTS) is 1. The molecule has 0 fully saturated rings. The zero-order chi connectivity index (χ0) is 15.4. The van der Waals surface area contributed by atoms with Gasteiger partial charge < -0.3 is 5.11 Å². The van der Waals surface area contributed by atoms with Crippen molar-refractivity contribution in [1.29, 1.82) is 0 Å². The Morgan fingerprint density at radius 3 is 2.57 bits per heavy atom. The fourth-order valence-corrected chi connectivity index (χ4v) is 3.86. The summed E-state index contributed by atoms with van der Waals surface area (Å²) in [7, 11) is 0. The van der Waals surface area contributed by atoms with Crippen LogP contribution in [0.3, 0.4) is 0 Å². The minimum Gasteiger partial charge on any atom is -0.481 e. The van der Waals surface area contributed by atoms with E-state index in [1.165, 1.54) is 0 Å². The van der Waals surface area contributed by atoms with E-state index in [4.69, 9.17) is 5.11 Å². The highest BCUT2D eigenvalue weighted by Crippen LogP contribution is 2.33. The molecule has 112 valence electrons. The largest absolute Gasteiger partial charge is 0.481 e. The number of rotatable bonds is 6. The Bertz CT molecular complexity index is 641. The second-order valence-electron chi connectivity index (χ2n) is 4.24. The number of para-hydroxylation sites is 1. The maximum absolute atomic E-state index is 10.8. The molecule has 5 nitrogen and oxygen atoms in total. The minimum atomic E-state index is -0.877. The summed E-state index contributed by atoms with van der Waals surface area (Å²) < 4.78 is 3.70. The molecule has 0 aliphatic carbocycles. The molecule has 0 saturated carbocycles. The van der Waals surface area contributed by atoms with Crippen molar-refractivity contribution in [2.45, 2.75) is 24.9 Å². The van der Waals surface area contributed by atoms with Gasteiger partial charge in [-0.05, 0) is 50.4 Å². The van der Waals surface area contributed by atoms with E-state index in [1.807, 2.05) is 22.8 Å². The molecule has 2 aromatic rings. The molecule has 0 aliphatic rings. The Labute approximate surface area is 143 Å². The molecule has 0 atom stereocenters. The molecule has 0 aliphatic heterocycles. The number of nitrogens with zero attached hydrogens (tertiary/aromatic N) is 3. The zero-order valence-electron chi connectivity index (χ0n) is 11.2. The van der Waals surface area contributed by atoms with E-state index >= 15 is 0 Å². The van der Waals surface area contributed by atoms with Crippen molar-refractivity contribution in [2.75, 3.05) is 5.75 Å². The molecule has 1 aromatic carbocycles. The van der Waals surface area contributed by atoms with Crippen molar-refractivity contribution in [2.24, 2.45) is 0 Å². The van der Waals surface area contributed by atoms with Gasteiger partial charge in [0.2, 0.25) is 0 Å². The molecule has 8 heteroatoms. The first-order valence-electron chi connectivity index (χ1n) is 6.27. The highest BCUT2D eigenvalue weighted by Gasteiger charge is 2.18. The lowest BCUT2D eigenvalue weighted by Crippen LogP contribution is -2.06. The van der Waals surface area contributed by atoms with E-state index in [0.717, 1.165) is 45.1 Å². The second-order valence-corrected chi connectivity index (χ2v) is 6.89. The molecule has 21 heavy (non-hydrogen) atoms. The number of thioether (sulfide) groups is 1. The SMILES string of the molecule is CCCc1nnc(SCC(=O)O)n1-c1c(Br)cccc1Br. The monoisotopic (exact) mass is 433 g/mol. The number of aliphatic carboxylic acids is 1. The van der Waals surface area contributed by atoms with E-state index in [-0.39, 0.29) is 5.75 Å². The smallest absolute Gasteiger partial charge is 0.313 e. The summed E-state index contributed by atoms with van der Waals surface area (Å²) >= 11 is 8.23. The van der Waals surface area contributed by atoms with Gasteiger partial charge in [-0.25, -0.2) is 0 Å². The summed E-state index contributed by atoms with van der Waals surface area (Å²) in [6.07, 6.45) is 1.71. The summed E-state index contributed by atoms with van der Waals surface area (Å²) in [5, 5.41) is 17.8. The fraction of sp³-hybridized carbons (Fsp3) is 0.308. The van der Waals surface area contributed by atoms with Crippen LogP contribution in [0.4, 0.5) is 0 Å². The van der Waals surface area contributed by atoms with Crippen molar-refractivity contribution < 1.29 is 9.90 Å². The van der Waals surface area contributed by atoms with Crippen LogP contribution in [0.2, 0.25) is 0 Å². The summed E-state index contributed by atoms with van der Waals surface area (Å²) in [6.45, 7) is 2.07. The molecule has 0 unspecified atom stereocenters. The molecule has 0 saturated heterocycles. The van der Waals surface area contributed by atoms with Crippen LogP contribution in [0.15, 0.2) is 32.3 Å². The predicted octanol–water partition coefficient (Wildman–Crippen LogP) is 3.92. The van der Waals surface area contributed by atoms with Crippen LogP contribution in [0, 0.1) is 0 Å². The van der Waals surface area contributed by atoms with Crippen molar-refractivity contribution in [3.8, 4) is 5.69 Å². The van der Waals surface area contributed by atoms with Gasteiger partial charge >= 0.3 is 5.97 Å². The first-order valence-corrected chi connectivity index (χ1v) is 8.85. The van der Waals surface area contributed by atoms with Gasteiger partial charge in [-0.2, -0.15) is 0 Å². The van der Waals surface area contributed by atoms with Crippen LogP contribution in [-0.2, 0) is 11.2 Å². The van der Waals surface area contributed by atoms with Gasteiger partial charge in [-0.1, -0.05) is 24.8 Å². The number of carboxylic acids is 1. The number of aromatic nitrogens is 3. The second kappa shape index (κ2) is 7.42. The minimum absolute atomic E-state index is 0.0493. The summed E-state index contributed by atoms with van der Waals surface area (Å²) in [5.41, 5.74) is 0.888. The van der Waals surface area contributed by atoms with Crippen molar-refractivity contribution in [3.63, 3.8) is 0 Å². The number of hydrogen-bond acceptors (Lipinski definition) is 4. The van der Waals surface area contributed by atoms with Gasteiger partial charge in [0.05, 0.1) is 11.4 Å². The number of hydrogen-bond donors (Lipinski definition) is 1. The average Bonchev–Trinajstić information content (AvgIpc) is 2.80. The molecular formula is C13H13Br2N3O2S. The Morgan fingerprint density at radius 2 is 2.00 bits per heavy atom. The molecule has 2 rings (SSSR count). The number of benzene rings is 1. The third kappa shape index (κ3) is 3.87. The molecule has 0 amide bonds. The van der Waals surface area contributed by atoms with Crippen molar-refractivity contribution in [1.82, 2.24) is 14.8 Å². The first kappa shape index (κ1) is 16.5. The number of halogens is 2. The fourth-order valence-electron chi connectivity index (χ4n) is 1.83. The van der Waals surface area contributed by atoms with Gasteiger partial charge in [-0.15, -0.1) is 10.2 Å². The topological polar surface area (TPSA) is 68.0 Å². The van der Waals surface area contributed by atoms with Crippen LogP contribution in [0.25, 0.3) is 5.69 Å². The number of carbonyl (C=O) groups is 1. The van der Waals surface area contributed by atoms with Crippen LogP contribution in [-0.4, -0.2) is 31.6 Å². The highest BCUT2D eigenvalue weighted by molar-refractivity contribution is 9.11. The third-order valence-electron chi connectivity index (χ3n) is 2.66. The Hall–Kier alpha value is -0.860. The maximum Gasteiger partial charge on any atom is 0.313 e. The zero-order valence-corrected chi connectivity index (χ0v) is 15.2. The van der Waals surface area contributed by atoms with E-state index < -0.39 is 5.97 Å². The summed E-state index contributed by atoms with van der Waals surface area (Å²) in [5.74, 6) is -0.109. The summed E-state index contributed by atoms with van der Waals surface area (Å²) in [6, 6.07) is 5.79. The lowest BCUT2D eigenvalue weighted by atomic mass is 10.3. The van der Waals surface area contributed by atoms with E-state index in [1.54, 1.807) is 0 Å². The van der Waals surface area contributed by atoms with Crippen molar-refractivity contribution in [3.05, 3.63) is 33.0 Å². The molecule has 1 heterocycles. The van der Waals surface area contributed by atoms with E-state index in [9.17, 15) is 4.79 Å². The van der Waals surface area contributed by atoms with Gasteiger partial charge in [0.1, 0.15) is 5.82 Å². The van der Waals surface area contributed by atoms with Gasteiger partial charge in [0, 0.05) is 15.4 Å². The van der Waals surface area contributed by atoms with E-state index in [2.05, 4.69) is 49.0 Å². The average molecular weight is 435 g/mol. The van der Waals surface area contributed by atoms with Crippen LogP contribution >= 0.6 is 43.6 Å². The van der Waals surface area contributed by atoms with Crippen LogP contribution in [0.5, 0.6) is 0 Å². The van der Waals surface area contributed by atoms with Gasteiger partial charge in [0.15, 0.2) is 5.16 Å². The molecule has 1 N–H and O–H groups in total. The lowest BCUT2D eigenvalue weighted by molar-refractivity contribution is -0.133. The quantitative estimate of drug-likeness (QED) is 0.697. The first-order chi connectivity index (χ1) is 10.0. The highest BCUT2D eigenvalue weighted by atomic mass is 79.9. The normalized spacial score (nSPS) is 10.8. The molecule has 0 radical (unpaired) electrons. The van der Waals surface area contributed by atoms with Gasteiger partial charge in [-0.3, -0.25) is 9.36 Å². The molecular weight excluding hydrogens is 422 g/mol. The Morgan fingerprint density at radius 1 is 1.33 bits per heavy atom. The lowest BCUT2D eigenvalue weighted by Gasteiger charge is -2.13. The van der Waals surface area contributed by atoms with Crippen molar-refractivity contribution >= 4 is 49.6 Å². The Kier molecular flexibility index (Phi) is 5.83. The standard InChI is InChI=1S/C13H13Br2N3O2S/c1-2-4-10-16-17-13(21-7-11(19)20)18(10)12-8(14)5-3-6-9(12)15/h3,5-6H,2,4,7H2,1H3,(H,19,20). The molecule has 0 spiro atoms. The van der Waals surface area contributed by atoms with Crippen LogP contribution in [0.1, 0.15) is 19.2 Å². The molecule has 1 aromatic heterocycles. The molecule has 0 bridgehead atoms. The maximum atomic E-state index is 10.8. The Balaban J connectivity index is 2.53. The predicted molar refractivity (Wildman–Crippen MR) is 89.1 cm³/mol. The van der Waals surface area contributed by atoms with E-state index in [0.29, 0.717) is 5.16 Å². The summed E-state index contributed by atoms with van der Waals surface area (Å²) in [4.78, 5) is 10.8. The third-order valence-corrected chi connectivity index (χ3v) is 4.85. The van der Waals surface area contributed by atoms with Gasteiger partial charge in [0.25, 0.3) is 0 Å².